The highest BCUT2D eigenvalue weighted by atomic mass is 28.4. The second kappa shape index (κ2) is 11.2. The number of carboxylic acid groups (broad SMARTS) is 2. The molecule has 0 radical (unpaired) electrons. The fourth-order valence-electron chi connectivity index (χ4n) is 0. The van der Waals surface area contributed by atoms with Gasteiger partial charge in [0.25, 0.3) is 0 Å². The molecule has 7 heteroatoms. The number of hydrogen-bond acceptors (Lipinski definition) is 4. The highest BCUT2D eigenvalue weighted by Gasteiger charge is 2.08. The molecular weight excluding hydrogens is 220 g/mol. The lowest BCUT2D eigenvalue weighted by Gasteiger charge is -1.97. The van der Waals surface area contributed by atoms with E-state index in [2.05, 4.69) is 0 Å². The molecule has 15 heavy (non-hydrogen) atoms. The molecule has 4 N–H and O–H groups in total. The van der Waals surface area contributed by atoms with Crippen LogP contribution in [0.1, 0.15) is 26.7 Å². The first-order valence-electron chi connectivity index (χ1n) is 4.42. The molecule has 0 unspecified atom stereocenters. The summed E-state index contributed by atoms with van der Waals surface area (Å²) in [4.78, 5) is 35.2. The number of carbonyl (C=O) groups is 2. The zero-order valence-corrected chi connectivity index (χ0v) is 10.5. The summed E-state index contributed by atoms with van der Waals surface area (Å²) in [6.07, 6.45) is 0.444. The van der Waals surface area contributed by atoms with E-state index in [-0.39, 0.29) is 12.8 Å². The summed E-state index contributed by atoms with van der Waals surface area (Å²) in [5, 5.41) is 15.4. The van der Waals surface area contributed by atoms with Gasteiger partial charge in [-0.2, -0.15) is 0 Å². The van der Waals surface area contributed by atoms with Crippen molar-refractivity contribution < 1.29 is 29.4 Å². The lowest BCUT2D eigenvalue weighted by atomic mass is 10.5. The van der Waals surface area contributed by atoms with Gasteiger partial charge < -0.3 is 19.8 Å². The molecule has 0 aliphatic rings. The lowest BCUT2D eigenvalue weighted by Crippen LogP contribution is -2.23. The van der Waals surface area contributed by atoms with Crippen molar-refractivity contribution in [1.29, 1.82) is 0 Å². The molecule has 0 spiro atoms. The van der Waals surface area contributed by atoms with Crippen LogP contribution in [0, 0.1) is 0 Å². The molecule has 0 bridgehead atoms. The monoisotopic (exact) mass is 240 g/mol. The van der Waals surface area contributed by atoms with Crippen LogP contribution < -0.4 is 0 Å². The van der Waals surface area contributed by atoms with Crippen LogP contribution >= 0.6 is 0 Å². The summed E-state index contributed by atoms with van der Waals surface area (Å²) in [6.45, 7) is 6.07. The van der Waals surface area contributed by atoms with Crippen molar-refractivity contribution in [1.82, 2.24) is 0 Å². The Kier molecular flexibility index (Phi) is 14.6. The van der Waals surface area contributed by atoms with Crippen LogP contribution in [-0.2, 0) is 9.59 Å². The summed E-state index contributed by atoms with van der Waals surface area (Å²) in [6, 6.07) is 0. The van der Waals surface area contributed by atoms with Crippen LogP contribution in [0.3, 0.4) is 0 Å². The number of rotatable bonds is 2. The third kappa shape index (κ3) is 169. The smallest absolute Gasteiger partial charge is 0.326 e. The molecule has 0 heterocycles. The number of carboxylic acids is 2. The van der Waals surface area contributed by atoms with E-state index in [9.17, 15) is 9.59 Å². The number of hydrogen-bond donors (Lipinski definition) is 4. The predicted molar refractivity (Wildman–Crippen MR) is 57.8 cm³/mol. The molecule has 0 aliphatic heterocycles. The van der Waals surface area contributed by atoms with Crippen molar-refractivity contribution in [2.75, 3.05) is 0 Å². The van der Waals surface area contributed by atoms with Gasteiger partial charge >= 0.3 is 20.5 Å². The highest BCUT2D eigenvalue weighted by molar-refractivity contribution is 6.61. The van der Waals surface area contributed by atoms with Crippen LogP contribution in [0.4, 0.5) is 0 Å². The van der Waals surface area contributed by atoms with Gasteiger partial charge in [-0.1, -0.05) is 13.8 Å². The maximum absolute atomic E-state index is 9.37. The molecule has 0 aliphatic carbocycles. The molecule has 0 fully saturated rings. The first-order chi connectivity index (χ1) is 6.54. The first-order valence-corrected chi connectivity index (χ1v) is 7.32. The first kappa shape index (κ1) is 19.6. The molecule has 92 valence electrons. The van der Waals surface area contributed by atoms with Crippen LogP contribution in [0.2, 0.25) is 13.1 Å². The molecule has 0 aromatic heterocycles. The zero-order chi connectivity index (χ0) is 13.1. The van der Waals surface area contributed by atoms with E-state index >= 15 is 0 Å². The number of aliphatic carboxylic acids is 2. The maximum atomic E-state index is 9.37. The zero-order valence-electron chi connectivity index (χ0n) is 9.52. The second-order valence-corrected chi connectivity index (χ2v) is 5.98. The van der Waals surface area contributed by atoms with Gasteiger partial charge in [-0.25, -0.2) is 0 Å². The third-order valence-corrected chi connectivity index (χ3v) is 0.605. The van der Waals surface area contributed by atoms with Crippen LogP contribution in [0.15, 0.2) is 0 Å². The van der Waals surface area contributed by atoms with Gasteiger partial charge in [-0.3, -0.25) is 9.59 Å². The Morgan fingerprint density at radius 2 is 1.00 bits per heavy atom. The summed E-state index contributed by atoms with van der Waals surface area (Å²) in [5.41, 5.74) is 0. The Labute approximate surface area is 90.4 Å². The molecule has 0 saturated heterocycles. The molecule has 0 aromatic carbocycles. The second-order valence-electron chi connectivity index (χ2n) is 2.99. The Hall–Kier alpha value is -0.923. The normalized spacial score (nSPS) is 8.93. The van der Waals surface area contributed by atoms with E-state index in [0.29, 0.717) is 0 Å². The minimum atomic E-state index is -2.61. The van der Waals surface area contributed by atoms with Crippen molar-refractivity contribution in [3.05, 3.63) is 0 Å². The molecule has 0 amide bonds. The van der Waals surface area contributed by atoms with Crippen molar-refractivity contribution >= 4 is 20.5 Å². The highest BCUT2D eigenvalue weighted by Crippen LogP contribution is 1.82. The van der Waals surface area contributed by atoms with E-state index < -0.39 is 20.5 Å². The largest absolute Gasteiger partial charge is 0.481 e. The van der Waals surface area contributed by atoms with E-state index in [1.165, 1.54) is 13.1 Å². The average molecular weight is 240 g/mol. The molecule has 0 rings (SSSR count). The topological polar surface area (TPSA) is 115 Å². The summed E-state index contributed by atoms with van der Waals surface area (Å²) in [7, 11) is -2.61. The Bertz CT molecular complexity index is 154. The van der Waals surface area contributed by atoms with Crippen molar-refractivity contribution in [3.8, 4) is 0 Å². The van der Waals surface area contributed by atoms with Crippen LogP contribution in [-0.4, -0.2) is 40.3 Å². The molecule has 6 nitrogen and oxygen atoms in total. The van der Waals surface area contributed by atoms with Gasteiger partial charge in [0, 0.05) is 12.8 Å². The van der Waals surface area contributed by atoms with E-state index in [1.807, 2.05) is 0 Å². The minimum Gasteiger partial charge on any atom is -0.481 e. The molecular formula is C8H20O6Si. The van der Waals surface area contributed by atoms with Crippen LogP contribution in [0.25, 0.3) is 0 Å². The Balaban J connectivity index is -0.000000144. The van der Waals surface area contributed by atoms with Crippen molar-refractivity contribution in [3.63, 3.8) is 0 Å². The standard InChI is InChI=1S/2C3H6O2.C2H8O2Si/c2*1-2-3(4)5;1-5(2,3)4/h2*2H2,1H3,(H,4,5);3-4H,1-2H3. The quantitative estimate of drug-likeness (QED) is 0.526. The Morgan fingerprint density at radius 1 is 0.933 bits per heavy atom. The van der Waals surface area contributed by atoms with Gasteiger partial charge in [0.2, 0.25) is 0 Å². The van der Waals surface area contributed by atoms with Crippen LogP contribution in [0.5, 0.6) is 0 Å². The summed E-state index contributed by atoms with van der Waals surface area (Å²) >= 11 is 0. The van der Waals surface area contributed by atoms with Gasteiger partial charge in [-0.05, 0) is 13.1 Å². The van der Waals surface area contributed by atoms with Crippen molar-refractivity contribution in [2.45, 2.75) is 39.8 Å². The van der Waals surface area contributed by atoms with Gasteiger partial charge in [0.1, 0.15) is 0 Å². The SMILES string of the molecule is CCC(=O)O.CCC(=O)O.C[Si](C)(O)O. The van der Waals surface area contributed by atoms with E-state index in [0.717, 1.165) is 0 Å². The average Bonchev–Trinajstić information content (AvgIpc) is 2.02. The fraction of sp³-hybridized carbons (Fsp3) is 0.750. The lowest BCUT2D eigenvalue weighted by molar-refractivity contribution is -0.137. The predicted octanol–water partition coefficient (Wildman–Crippen LogP) is 0.635. The fourth-order valence-corrected chi connectivity index (χ4v) is 0. The molecule has 0 saturated carbocycles. The third-order valence-electron chi connectivity index (χ3n) is 0.605. The van der Waals surface area contributed by atoms with Crippen molar-refractivity contribution in [2.24, 2.45) is 0 Å². The molecule has 0 atom stereocenters. The summed E-state index contributed by atoms with van der Waals surface area (Å²) in [5.74, 6) is -1.49. The summed E-state index contributed by atoms with van der Waals surface area (Å²) < 4.78 is 0. The minimum absolute atomic E-state index is 0.222. The van der Waals surface area contributed by atoms with E-state index in [4.69, 9.17) is 19.8 Å². The van der Waals surface area contributed by atoms with Gasteiger partial charge in [0.05, 0.1) is 0 Å². The van der Waals surface area contributed by atoms with Gasteiger partial charge in [-0.15, -0.1) is 0 Å². The van der Waals surface area contributed by atoms with E-state index in [1.54, 1.807) is 13.8 Å². The van der Waals surface area contributed by atoms with Gasteiger partial charge in [0.15, 0.2) is 0 Å². The molecule has 0 aromatic rings. The maximum Gasteiger partial charge on any atom is 0.326 e. The Morgan fingerprint density at radius 3 is 1.00 bits per heavy atom.